The Bertz CT molecular complexity index is 302. The molecule has 1 fully saturated rings. The molecule has 0 radical (unpaired) electrons. The summed E-state index contributed by atoms with van der Waals surface area (Å²) in [6, 6.07) is 0. The Morgan fingerprint density at radius 1 is 1.53 bits per heavy atom. The molecular weight excluding hydrogens is 218 g/mol. The quantitative estimate of drug-likeness (QED) is 0.725. The third kappa shape index (κ3) is 2.77. The lowest BCUT2D eigenvalue weighted by Crippen LogP contribution is -2.42. The molecule has 0 aromatic rings. The van der Waals surface area contributed by atoms with Crippen LogP contribution in [-0.2, 0) is 9.59 Å². The van der Waals surface area contributed by atoms with E-state index in [-0.39, 0.29) is 17.7 Å². The molecule has 17 heavy (non-hydrogen) atoms. The van der Waals surface area contributed by atoms with Crippen molar-refractivity contribution in [1.82, 2.24) is 10.2 Å². The highest BCUT2D eigenvalue weighted by molar-refractivity contribution is 5.85. The SMILES string of the molecule is CCC(CN)C(=O)N1CCC(C)(C(=O)NC)C1. The van der Waals surface area contributed by atoms with Crippen molar-refractivity contribution in [3.05, 3.63) is 0 Å². The van der Waals surface area contributed by atoms with Gasteiger partial charge in [0.1, 0.15) is 0 Å². The van der Waals surface area contributed by atoms with Crippen molar-refractivity contribution in [3.8, 4) is 0 Å². The molecule has 0 aromatic carbocycles. The molecule has 98 valence electrons. The highest BCUT2D eigenvalue weighted by atomic mass is 16.2. The topological polar surface area (TPSA) is 75.4 Å². The third-order valence-electron chi connectivity index (χ3n) is 3.69. The summed E-state index contributed by atoms with van der Waals surface area (Å²) in [6.07, 6.45) is 1.47. The van der Waals surface area contributed by atoms with Crippen molar-refractivity contribution in [2.45, 2.75) is 26.7 Å². The zero-order valence-corrected chi connectivity index (χ0v) is 11.0. The van der Waals surface area contributed by atoms with Crippen molar-refractivity contribution in [2.24, 2.45) is 17.1 Å². The van der Waals surface area contributed by atoms with Gasteiger partial charge in [0, 0.05) is 26.7 Å². The molecule has 0 aromatic heterocycles. The minimum Gasteiger partial charge on any atom is -0.359 e. The Hall–Kier alpha value is -1.10. The average molecular weight is 241 g/mol. The molecule has 0 bridgehead atoms. The number of nitrogens with two attached hydrogens (primary N) is 1. The summed E-state index contributed by atoms with van der Waals surface area (Å²) in [5.74, 6) is -0.0155. The van der Waals surface area contributed by atoms with Crippen LogP contribution in [0.15, 0.2) is 0 Å². The van der Waals surface area contributed by atoms with Gasteiger partial charge in [0.2, 0.25) is 11.8 Å². The van der Waals surface area contributed by atoms with Crippen LogP contribution in [0.1, 0.15) is 26.7 Å². The molecule has 5 heteroatoms. The summed E-state index contributed by atoms with van der Waals surface area (Å²) in [6.45, 7) is 5.40. The van der Waals surface area contributed by atoms with Crippen LogP contribution in [0.4, 0.5) is 0 Å². The van der Waals surface area contributed by atoms with Gasteiger partial charge in [-0.1, -0.05) is 6.92 Å². The van der Waals surface area contributed by atoms with E-state index in [1.165, 1.54) is 0 Å². The smallest absolute Gasteiger partial charge is 0.227 e. The molecule has 2 atom stereocenters. The van der Waals surface area contributed by atoms with Crippen LogP contribution in [0.5, 0.6) is 0 Å². The summed E-state index contributed by atoms with van der Waals surface area (Å²) < 4.78 is 0. The number of nitrogens with zero attached hydrogens (tertiary/aromatic N) is 1. The average Bonchev–Trinajstić information content (AvgIpc) is 2.73. The molecule has 5 nitrogen and oxygen atoms in total. The molecule has 1 heterocycles. The lowest BCUT2D eigenvalue weighted by molar-refractivity contribution is -0.135. The highest BCUT2D eigenvalue weighted by Gasteiger charge is 2.42. The number of carbonyl (C=O) groups is 2. The molecular formula is C12H23N3O2. The van der Waals surface area contributed by atoms with Gasteiger partial charge in [0.05, 0.1) is 11.3 Å². The number of nitrogens with one attached hydrogen (secondary N) is 1. The fourth-order valence-corrected chi connectivity index (χ4v) is 2.34. The molecule has 2 unspecified atom stereocenters. The zero-order chi connectivity index (χ0) is 13.1. The summed E-state index contributed by atoms with van der Waals surface area (Å²) >= 11 is 0. The van der Waals surface area contributed by atoms with Gasteiger partial charge in [-0.15, -0.1) is 0 Å². The van der Waals surface area contributed by atoms with E-state index in [4.69, 9.17) is 5.73 Å². The summed E-state index contributed by atoms with van der Waals surface area (Å²) in [5, 5.41) is 2.66. The number of likely N-dealkylation sites (tertiary alicyclic amines) is 1. The fraction of sp³-hybridized carbons (Fsp3) is 0.833. The van der Waals surface area contributed by atoms with E-state index in [9.17, 15) is 9.59 Å². The van der Waals surface area contributed by atoms with Gasteiger partial charge in [0.15, 0.2) is 0 Å². The number of amides is 2. The Morgan fingerprint density at radius 3 is 2.65 bits per heavy atom. The van der Waals surface area contributed by atoms with Gasteiger partial charge in [0.25, 0.3) is 0 Å². The number of carbonyl (C=O) groups excluding carboxylic acids is 2. The first kappa shape index (κ1) is 14.0. The molecule has 1 aliphatic heterocycles. The van der Waals surface area contributed by atoms with Crippen LogP contribution in [-0.4, -0.2) is 43.4 Å². The van der Waals surface area contributed by atoms with E-state index >= 15 is 0 Å². The monoisotopic (exact) mass is 241 g/mol. The highest BCUT2D eigenvalue weighted by Crippen LogP contribution is 2.31. The second-order valence-electron chi connectivity index (χ2n) is 4.99. The minimum absolute atomic E-state index is 0.00796. The van der Waals surface area contributed by atoms with Gasteiger partial charge in [-0.3, -0.25) is 9.59 Å². The minimum atomic E-state index is -0.447. The largest absolute Gasteiger partial charge is 0.359 e. The fourth-order valence-electron chi connectivity index (χ4n) is 2.34. The van der Waals surface area contributed by atoms with Gasteiger partial charge in [-0.2, -0.15) is 0 Å². The van der Waals surface area contributed by atoms with Crippen LogP contribution in [0.25, 0.3) is 0 Å². The number of rotatable bonds is 4. The number of hydrogen-bond donors (Lipinski definition) is 2. The lowest BCUT2D eigenvalue weighted by Gasteiger charge is -2.25. The predicted octanol–water partition coefficient (Wildman–Crippen LogP) is -0.0441. The molecule has 2 amide bonds. The van der Waals surface area contributed by atoms with Crippen molar-refractivity contribution in [3.63, 3.8) is 0 Å². The zero-order valence-electron chi connectivity index (χ0n) is 11.0. The molecule has 1 rings (SSSR count). The van der Waals surface area contributed by atoms with Crippen LogP contribution in [0.3, 0.4) is 0 Å². The molecule has 0 aliphatic carbocycles. The maximum Gasteiger partial charge on any atom is 0.227 e. The molecule has 3 N–H and O–H groups in total. The first-order valence-corrected chi connectivity index (χ1v) is 6.19. The Kier molecular flexibility index (Phi) is 4.51. The third-order valence-corrected chi connectivity index (χ3v) is 3.69. The van der Waals surface area contributed by atoms with Crippen LogP contribution >= 0.6 is 0 Å². The van der Waals surface area contributed by atoms with E-state index in [1.54, 1.807) is 11.9 Å². The maximum absolute atomic E-state index is 12.1. The van der Waals surface area contributed by atoms with E-state index in [0.717, 1.165) is 12.8 Å². The van der Waals surface area contributed by atoms with Gasteiger partial charge >= 0.3 is 0 Å². The summed E-state index contributed by atoms with van der Waals surface area (Å²) in [4.78, 5) is 25.6. The van der Waals surface area contributed by atoms with E-state index < -0.39 is 5.41 Å². The van der Waals surface area contributed by atoms with Crippen LogP contribution in [0.2, 0.25) is 0 Å². The predicted molar refractivity (Wildman–Crippen MR) is 66.2 cm³/mol. The Labute approximate surface area is 103 Å². The lowest BCUT2D eigenvalue weighted by atomic mass is 9.89. The molecule has 1 aliphatic rings. The second-order valence-corrected chi connectivity index (χ2v) is 4.99. The second kappa shape index (κ2) is 5.49. The van der Waals surface area contributed by atoms with E-state index in [2.05, 4.69) is 5.32 Å². The van der Waals surface area contributed by atoms with Gasteiger partial charge in [-0.25, -0.2) is 0 Å². The molecule has 1 saturated heterocycles. The normalized spacial score (nSPS) is 25.8. The standard InChI is InChI=1S/C12H23N3O2/c1-4-9(7-13)10(16)15-6-5-12(2,8-15)11(17)14-3/h9H,4-8,13H2,1-3H3,(H,14,17). The van der Waals surface area contributed by atoms with Crippen molar-refractivity contribution in [2.75, 3.05) is 26.7 Å². The Balaban J connectivity index is 2.67. The molecule has 0 spiro atoms. The first-order valence-electron chi connectivity index (χ1n) is 6.19. The first-order chi connectivity index (χ1) is 7.98. The van der Waals surface area contributed by atoms with Crippen molar-refractivity contribution in [1.29, 1.82) is 0 Å². The van der Waals surface area contributed by atoms with Gasteiger partial charge in [-0.05, 0) is 19.8 Å². The number of hydrogen-bond acceptors (Lipinski definition) is 3. The maximum atomic E-state index is 12.1. The summed E-state index contributed by atoms with van der Waals surface area (Å²) in [7, 11) is 1.63. The van der Waals surface area contributed by atoms with Gasteiger partial charge < -0.3 is 16.0 Å². The molecule has 0 saturated carbocycles. The van der Waals surface area contributed by atoms with Crippen molar-refractivity contribution < 1.29 is 9.59 Å². The van der Waals surface area contributed by atoms with E-state index in [1.807, 2.05) is 13.8 Å². The summed E-state index contributed by atoms with van der Waals surface area (Å²) in [5.41, 5.74) is 5.13. The van der Waals surface area contributed by atoms with E-state index in [0.29, 0.717) is 19.6 Å². The van der Waals surface area contributed by atoms with Crippen LogP contribution in [0, 0.1) is 11.3 Å². The van der Waals surface area contributed by atoms with Crippen LogP contribution < -0.4 is 11.1 Å². The van der Waals surface area contributed by atoms with Crippen molar-refractivity contribution >= 4 is 11.8 Å². The Morgan fingerprint density at radius 2 is 2.18 bits per heavy atom.